The van der Waals surface area contributed by atoms with E-state index < -0.39 is 11.2 Å². The third-order valence-corrected chi connectivity index (χ3v) is 7.49. The molecule has 0 radical (unpaired) electrons. The molecule has 1 unspecified atom stereocenters. The van der Waals surface area contributed by atoms with Crippen LogP contribution >= 0.6 is 11.8 Å². The number of aryl methyl sites for hydroxylation is 1. The number of hydrogen-bond acceptors (Lipinski definition) is 6. The van der Waals surface area contributed by atoms with Crippen molar-refractivity contribution >= 4 is 23.2 Å². The lowest BCUT2D eigenvalue weighted by molar-refractivity contribution is 0.399. The number of aromatic nitrogens is 2. The molecule has 5 rings (SSSR count). The van der Waals surface area contributed by atoms with E-state index in [-0.39, 0.29) is 23.2 Å². The summed E-state index contributed by atoms with van der Waals surface area (Å²) in [6, 6.07) is 25.1. The number of thioether (sulfide) groups is 1. The van der Waals surface area contributed by atoms with Gasteiger partial charge in [-0.3, -0.25) is 19.3 Å². The van der Waals surface area contributed by atoms with Crippen molar-refractivity contribution in [3.05, 3.63) is 116 Å². The van der Waals surface area contributed by atoms with Gasteiger partial charge in [-0.15, -0.1) is 11.8 Å². The molecule has 0 fully saturated rings. The maximum Gasteiger partial charge on any atom is 0.331 e. The van der Waals surface area contributed by atoms with E-state index in [1.165, 1.54) is 4.57 Å². The van der Waals surface area contributed by atoms with Gasteiger partial charge in [0.2, 0.25) is 5.88 Å². The van der Waals surface area contributed by atoms with Crippen molar-refractivity contribution in [1.82, 2.24) is 9.55 Å². The minimum absolute atomic E-state index is 0.0138. The number of ether oxygens (including phenoxy) is 1. The molecule has 7 nitrogen and oxygen atoms in total. The topological polar surface area (TPSA) is 96.7 Å². The highest BCUT2D eigenvalue weighted by atomic mass is 32.2. The van der Waals surface area contributed by atoms with Crippen molar-refractivity contribution in [2.24, 2.45) is 4.99 Å². The summed E-state index contributed by atoms with van der Waals surface area (Å²) in [6.45, 7) is 0.215. The van der Waals surface area contributed by atoms with Crippen molar-refractivity contribution in [2.45, 2.75) is 29.5 Å². The van der Waals surface area contributed by atoms with E-state index in [9.17, 15) is 14.7 Å². The second-order valence-electron chi connectivity index (χ2n) is 8.42. The maximum absolute atomic E-state index is 13.0. The Morgan fingerprint density at radius 1 is 1.03 bits per heavy atom. The van der Waals surface area contributed by atoms with Crippen LogP contribution in [-0.2, 0) is 13.0 Å². The van der Waals surface area contributed by atoms with Crippen LogP contribution in [0.5, 0.6) is 11.6 Å². The van der Waals surface area contributed by atoms with E-state index in [2.05, 4.69) is 4.98 Å². The first-order valence-electron chi connectivity index (χ1n) is 11.6. The second-order valence-corrected chi connectivity index (χ2v) is 9.67. The summed E-state index contributed by atoms with van der Waals surface area (Å²) >= 11 is 1.63. The van der Waals surface area contributed by atoms with Crippen molar-refractivity contribution in [3.63, 3.8) is 0 Å². The highest BCUT2D eigenvalue weighted by Gasteiger charge is 2.28. The number of nitrogens with one attached hydrogen (secondary N) is 1. The minimum Gasteiger partial charge on any atom is -0.496 e. The molecule has 2 N–H and O–H groups in total. The van der Waals surface area contributed by atoms with Crippen molar-refractivity contribution in [2.75, 3.05) is 7.11 Å². The Morgan fingerprint density at radius 3 is 2.56 bits per heavy atom. The second kappa shape index (κ2) is 10.3. The summed E-state index contributed by atoms with van der Waals surface area (Å²) < 4.78 is 6.81. The Kier molecular flexibility index (Phi) is 6.77. The SMILES string of the molecule is COc1ccccc1C1CC(c2c(O)n(CCc3ccccc3)c(=O)[nH]c2=O)=Nc2ccccc2S1. The molecule has 0 bridgehead atoms. The van der Waals surface area contributed by atoms with Gasteiger partial charge in [0.05, 0.1) is 18.5 Å². The van der Waals surface area contributed by atoms with Crippen molar-refractivity contribution in [3.8, 4) is 11.6 Å². The Labute approximate surface area is 212 Å². The van der Waals surface area contributed by atoms with Gasteiger partial charge in [-0.05, 0) is 30.2 Å². The summed E-state index contributed by atoms with van der Waals surface area (Å²) in [5.74, 6) is 0.362. The van der Waals surface area contributed by atoms with Crippen LogP contribution in [0.2, 0.25) is 0 Å². The number of para-hydroxylation sites is 2. The van der Waals surface area contributed by atoms with E-state index in [1.807, 2.05) is 78.9 Å². The molecule has 3 aromatic carbocycles. The molecule has 36 heavy (non-hydrogen) atoms. The molecular weight excluding hydrogens is 474 g/mol. The number of aromatic amines is 1. The number of rotatable bonds is 6. The van der Waals surface area contributed by atoms with E-state index >= 15 is 0 Å². The zero-order chi connectivity index (χ0) is 25.1. The van der Waals surface area contributed by atoms with Crippen LogP contribution in [0.15, 0.2) is 98.3 Å². The van der Waals surface area contributed by atoms with E-state index in [0.717, 1.165) is 21.8 Å². The van der Waals surface area contributed by atoms with Crippen molar-refractivity contribution < 1.29 is 9.84 Å². The number of H-pyrrole nitrogens is 1. The normalized spacial score (nSPS) is 15.0. The van der Waals surface area contributed by atoms with Gasteiger partial charge in [0, 0.05) is 28.7 Å². The first-order valence-corrected chi connectivity index (χ1v) is 12.5. The number of hydrogen-bond donors (Lipinski definition) is 2. The fourth-order valence-corrected chi connectivity index (χ4v) is 5.65. The first-order chi connectivity index (χ1) is 17.5. The van der Waals surface area contributed by atoms with Gasteiger partial charge < -0.3 is 9.84 Å². The summed E-state index contributed by atoms with van der Waals surface area (Å²) in [5.41, 5.74) is 1.80. The smallest absolute Gasteiger partial charge is 0.331 e. The van der Waals surface area contributed by atoms with Crippen LogP contribution in [0.25, 0.3) is 0 Å². The van der Waals surface area contributed by atoms with Gasteiger partial charge >= 0.3 is 5.69 Å². The average molecular weight is 500 g/mol. The molecule has 8 heteroatoms. The lowest BCUT2D eigenvalue weighted by Crippen LogP contribution is -2.34. The first kappa shape index (κ1) is 23.7. The predicted molar refractivity (Wildman–Crippen MR) is 142 cm³/mol. The molecule has 4 aromatic rings. The fraction of sp³-hybridized carbons (Fsp3) is 0.179. The van der Waals surface area contributed by atoms with Crippen LogP contribution in [0, 0.1) is 0 Å². The monoisotopic (exact) mass is 499 g/mol. The summed E-state index contributed by atoms with van der Waals surface area (Å²) in [4.78, 5) is 33.8. The minimum atomic E-state index is -0.657. The Balaban J connectivity index is 1.60. The number of fused-ring (bicyclic) bond motifs is 1. The van der Waals surface area contributed by atoms with Crippen LogP contribution in [0.1, 0.15) is 28.4 Å². The molecule has 0 spiro atoms. The summed E-state index contributed by atoms with van der Waals surface area (Å²) in [7, 11) is 1.63. The Bertz CT molecular complexity index is 1540. The van der Waals surface area contributed by atoms with Crippen LogP contribution in [-0.4, -0.2) is 27.5 Å². The van der Waals surface area contributed by atoms with E-state index in [0.29, 0.717) is 24.2 Å². The maximum atomic E-state index is 13.0. The molecule has 1 aliphatic heterocycles. The van der Waals surface area contributed by atoms with Crippen LogP contribution in [0.4, 0.5) is 5.69 Å². The molecule has 1 aliphatic rings. The molecule has 1 atom stereocenters. The lowest BCUT2D eigenvalue weighted by atomic mass is 10.0. The zero-order valence-electron chi connectivity index (χ0n) is 19.7. The number of benzene rings is 3. The van der Waals surface area contributed by atoms with Gasteiger partial charge in [-0.1, -0.05) is 60.7 Å². The third-order valence-electron chi connectivity index (χ3n) is 6.18. The highest BCUT2D eigenvalue weighted by molar-refractivity contribution is 7.99. The molecule has 182 valence electrons. The third kappa shape index (κ3) is 4.72. The standard InChI is InChI=1S/C28H25N3O4S/c1-35-22-13-7-5-11-19(22)24-17-21(29-20-12-6-8-14-23(20)36-24)25-26(32)30-28(34)31(27(25)33)16-15-18-9-3-2-4-10-18/h2-14,24,33H,15-17H2,1H3,(H,30,32,34). The molecule has 0 amide bonds. The van der Waals surface area contributed by atoms with Crippen molar-refractivity contribution in [1.29, 1.82) is 0 Å². The van der Waals surface area contributed by atoms with E-state index in [1.54, 1.807) is 18.9 Å². The fourth-order valence-electron chi connectivity index (χ4n) is 4.39. The van der Waals surface area contributed by atoms with Gasteiger partial charge in [0.15, 0.2) is 0 Å². The van der Waals surface area contributed by atoms with Gasteiger partial charge in [0.25, 0.3) is 5.56 Å². The number of methoxy groups -OCH3 is 1. The molecular formula is C28H25N3O4S. The number of aromatic hydroxyl groups is 1. The van der Waals surface area contributed by atoms with Crippen LogP contribution < -0.4 is 16.0 Å². The zero-order valence-corrected chi connectivity index (χ0v) is 20.5. The van der Waals surface area contributed by atoms with Gasteiger partial charge in [-0.2, -0.15) is 0 Å². The number of aliphatic imine (C=N–C) groups is 1. The molecule has 1 aromatic heterocycles. The molecule has 0 aliphatic carbocycles. The number of nitrogens with zero attached hydrogens (tertiary/aromatic N) is 2. The summed E-state index contributed by atoms with van der Waals surface area (Å²) in [6.07, 6.45) is 0.877. The average Bonchev–Trinajstić information content (AvgIpc) is 3.08. The van der Waals surface area contributed by atoms with E-state index in [4.69, 9.17) is 9.73 Å². The van der Waals surface area contributed by atoms with Gasteiger partial charge in [0.1, 0.15) is 11.3 Å². The molecule has 2 heterocycles. The summed E-state index contributed by atoms with van der Waals surface area (Å²) in [5, 5.41) is 11.1. The Hall–Kier alpha value is -4.04. The predicted octanol–water partition coefficient (Wildman–Crippen LogP) is 4.85. The quantitative estimate of drug-likeness (QED) is 0.395. The lowest BCUT2D eigenvalue weighted by Gasteiger charge is -2.19. The molecule has 0 saturated heterocycles. The molecule has 0 saturated carbocycles. The highest BCUT2D eigenvalue weighted by Crippen LogP contribution is 2.47. The Morgan fingerprint density at radius 2 is 1.75 bits per heavy atom. The van der Waals surface area contributed by atoms with Gasteiger partial charge in [-0.25, -0.2) is 4.79 Å². The van der Waals surface area contributed by atoms with Crippen LogP contribution in [0.3, 0.4) is 0 Å². The largest absolute Gasteiger partial charge is 0.496 e.